The molecule has 3 nitrogen and oxygen atoms in total. The van der Waals surface area contributed by atoms with E-state index in [1.54, 1.807) is 6.20 Å². The smallest absolute Gasteiger partial charge is 0.229 e. The second kappa shape index (κ2) is 3.31. The molecule has 15 heavy (non-hydrogen) atoms. The molecule has 0 amide bonds. The fourth-order valence-electron chi connectivity index (χ4n) is 1.80. The lowest BCUT2D eigenvalue weighted by molar-refractivity contribution is 0.436. The minimum Gasteiger partial charge on any atom is -0.367 e. The van der Waals surface area contributed by atoms with Crippen molar-refractivity contribution in [3.05, 3.63) is 30.0 Å². The summed E-state index contributed by atoms with van der Waals surface area (Å²) in [4.78, 5) is 1.35. The molecule has 1 aliphatic rings. The number of hydrogen-bond donors (Lipinski definition) is 1. The van der Waals surface area contributed by atoms with Crippen LogP contribution in [-0.2, 0) is 6.42 Å². The van der Waals surface area contributed by atoms with Gasteiger partial charge >= 0.3 is 0 Å². The average Bonchev–Trinajstić information content (AvgIpc) is 2.84. The standard InChI is InChI=1S/C11H10N2OS/c12-11-9(6-13-14-11)8-2-1-7-3-4-15-10(7)5-8/h1-2,5-6H,3-4,12H2. The van der Waals surface area contributed by atoms with E-state index in [1.807, 2.05) is 11.8 Å². The molecule has 0 bridgehead atoms. The molecule has 0 saturated carbocycles. The Hall–Kier alpha value is -1.42. The average molecular weight is 218 g/mol. The van der Waals surface area contributed by atoms with E-state index < -0.39 is 0 Å². The zero-order valence-electron chi connectivity index (χ0n) is 8.06. The Bertz CT molecular complexity index is 507. The van der Waals surface area contributed by atoms with Crippen molar-refractivity contribution in [3.8, 4) is 11.1 Å². The number of benzene rings is 1. The maximum atomic E-state index is 5.68. The fourth-order valence-corrected chi connectivity index (χ4v) is 2.91. The summed E-state index contributed by atoms with van der Waals surface area (Å²) in [5.41, 5.74) is 9.08. The first-order chi connectivity index (χ1) is 7.34. The summed E-state index contributed by atoms with van der Waals surface area (Å²) in [5, 5.41) is 3.68. The molecule has 1 aromatic carbocycles. The van der Waals surface area contributed by atoms with Crippen molar-refractivity contribution in [2.45, 2.75) is 11.3 Å². The first-order valence-electron chi connectivity index (χ1n) is 4.81. The Morgan fingerprint density at radius 3 is 3.13 bits per heavy atom. The third-order valence-corrected chi connectivity index (χ3v) is 3.70. The van der Waals surface area contributed by atoms with E-state index in [-0.39, 0.29) is 0 Å². The van der Waals surface area contributed by atoms with Gasteiger partial charge in [0.25, 0.3) is 0 Å². The first kappa shape index (κ1) is 8.85. The lowest BCUT2D eigenvalue weighted by Gasteiger charge is -2.01. The van der Waals surface area contributed by atoms with Crippen molar-refractivity contribution in [3.63, 3.8) is 0 Å². The molecule has 0 atom stereocenters. The molecule has 0 radical (unpaired) electrons. The molecule has 2 aromatic rings. The second-order valence-electron chi connectivity index (χ2n) is 3.52. The van der Waals surface area contributed by atoms with E-state index in [9.17, 15) is 0 Å². The van der Waals surface area contributed by atoms with E-state index in [2.05, 4.69) is 23.4 Å². The number of aromatic nitrogens is 1. The summed E-state index contributed by atoms with van der Waals surface area (Å²) in [5.74, 6) is 1.57. The Morgan fingerprint density at radius 2 is 2.33 bits per heavy atom. The van der Waals surface area contributed by atoms with Crippen LogP contribution in [0, 0.1) is 0 Å². The number of thioether (sulfide) groups is 1. The van der Waals surface area contributed by atoms with Crippen LogP contribution >= 0.6 is 11.8 Å². The molecule has 0 aliphatic carbocycles. The number of nitrogen functional groups attached to an aromatic ring is 1. The molecule has 0 saturated heterocycles. The highest BCUT2D eigenvalue weighted by Crippen LogP contribution is 2.35. The molecule has 3 rings (SSSR count). The van der Waals surface area contributed by atoms with Crippen molar-refractivity contribution in [2.24, 2.45) is 0 Å². The Labute approximate surface area is 91.6 Å². The van der Waals surface area contributed by atoms with Gasteiger partial charge in [-0.05, 0) is 23.6 Å². The van der Waals surface area contributed by atoms with Crippen LogP contribution in [0.2, 0.25) is 0 Å². The summed E-state index contributed by atoms with van der Waals surface area (Å²) in [7, 11) is 0. The van der Waals surface area contributed by atoms with Crippen LogP contribution in [0.3, 0.4) is 0 Å². The minimum absolute atomic E-state index is 0.387. The first-order valence-corrected chi connectivity index (χ1v) is 5.79. The van der Waals surface area contributed by atoms with Crippen LogP contribution in [0.5, 0.6) is 0 Å². The van der Waals surface area contributed by atoms with Crippen LogP contribution in [-0.4, -0.2) is 10.9 Å². The fraction of sp³-hybridized carbons (Fsp3) is 0.182. The van der Waals surface area contributed by atoms with E-state index in [0.717, 1.165) is 11.1 Å². The molecule has 0 fully saturated rings. The third kappa shape index (κ3) is 1.41. The van der Waals surface area contributed by atoms with Crippen LogP contribution < -0.4 is 5.73 Å². The van der Waals surface area contributed by atoms with Gasteiger partial charge in [-0.3, -0.25) is 0 Å². The maximum absolute atomic E-state index is 5.68. The molecule has 2 heterocycles. The van der Waals surface area contributed by atoms with Crippen molar-refractivity contribution < 1.29 is 4.52 Å². The molecule has 0 spiro atoms. The highest BCUT2D eigenvalue weighted by Gasteiger charge is 2.14. The topological polar surface area (TPSA) is 52.0 Å². The number of hydrogen-bond acceptors (Lipinski definition) is 4. The molecule has 76 valence electrons. The van der Waals surface area contributed by atoms with Gasteiger partial charge in [-0.15, -0.1) is 11.8 Å². The monoisotopic (exact) mass is 218 g/mol. The Morgan fingerprint density at radius 1 is 1.40 bits per heavy atom. The number of rotatable bonds is 1. The van der Waals surface area contributed by atoms with Crippen LogP contribution in [0.1, 0.15) is 5.56 Å². The van der Waals surface area contributed by atoms with Gasteiger partial charge in [0, 0.05) is 10.6 Å². The SMILES string of the molecule is Nc1oncc1-c1ccc2c(c1)SCC2. The van der Waals surface area contributed by atoms with E-state index in [1.165, 1.54) is 22.6 Å². The Kier molecular flexibility index (Phi) is 1.95. The second-order valence-corrected chi connectivity index (χ2v) is 4.66. The number of nitrogens with two attached hydrogens (primary N) is 1. The highest BCUT2D eigenvalue weighted by atomic mass is 32.2. The van der Waals surface area contributed by atoms with Crippen LogP contribution in [0.4, 0.5) is 5.88 Å². The molecular weight excluding hydrogens is 208 g/mol. The lowest BCUT2D eigenvalue weighted by Crippen LogP contribution is -1.86. The number of fused-ring (bicyclic) bond motifs is 1. The normalized spacial score (nSPS) is 14.1. The lowest BCUT2D eigenvalue weighted by atomic mass is 10.1. The van der Waals surface area contributed by atoms with Gasteiger partial charge in [0.15, 0.2) is 0 Å². The summed E-state index contributed by atoms with van der Waals surface area (Å²) in [6.45, 7) is 0. The zero-order valence-corrected chi connectivity index (χ0v) is 8.88. The largest absolute Gasteiger partial charge is 0.367 e. The van der Waals surface area contributed by atoms with Crippen molar-refractivity contribution in [1.29, 1.82) is 0 Å². The summed E-state index contributed by atoms with van der Waals surface area (Å²) in [6.07, 6.45) is 2.83. The highest BCUT2D eigenvalue weighted by molar-refractivity contribution is 7.99. The quantitative estimate of drug-likeness (QED) is 0.799. The predicted molar refractivity (Wildman–Crippen MR) is 60.8 cm³/mol. The number of anilines is 1. The van der Waals surface area contributed by atoms with Crippen LogP contribution in [0.25, 0.3) is 11.1 Å². The minimum atomic E-state index is 0.387. The maximum Gasteiger partial charge on any atom is 0.229 e. The van der Waals surface area contributed by atoms with Gasteiger partial charge in [-0.25, -0.2) is 0 Å². The van der Waals surface area contributed by atoms with E-state index in [4.69, 9.17) is 10.3 Å². The zero-order chi connectivity index (χ0) is 10.3. The van der Waals surface area contributed by atoms with E-state index in [0.29, 0.717) is 5.88 Å². The van der Waals surface area contributed by atoms with Gasteiger partial charge < -0.3 is 10.3 Å². The third-order valence-electron chi connectivity index (χ3n) is 2.61. The summed E-state index contributed by atoms with van der Waals surface area (Å²) in [6, 6.07) is 6.40. The molecular formula is C11H10N2OS. The van der Waals surface area contributed by atoms with Gasteiger partial charge in [0.1, 0.15) is 0 Å². The van der Waals surface area contributed by atoms with Gasteiger partial charge in [0.05, 0.1) is 11.8 Å². The number of nitrogens with zero attached hydrogens (tertiary/aromatic N) is 1. The molecule has 1 aromatic heterocycles. The van der Waals surface area contributed by atoms with Crippen LogP contribution in [0.15, 0.2) is 33.8 Å². The number of aryl methyl sites for hydroxylation is 1. The van der Waals surface area contributed by atoms with E-state index >= 15 is 0 Å². The van der Waals surface area contributed by atoms with Crippen molar-refractivity contribution in [2.75, 3.05) is 11.5 Å². The van der Waals surface area contributed by atoms with Gasteiger partial charge in [-0.2, -0.15) is 0 Å². The molecule has 2 N–H and O–H groups in total. The Balaban J connectivity index is 2.11. The van der Waals surface area contributed by atoms with Crippen molar-refractivity contribution in [1.82, 2.24) is 5.16 Å². The predicted octanol–water partition coefficient (Wildman–Crippen LogP) is 2.57. The van der Waals surface area contributed by atoms with Crippen molar-refractivity contribution >= 4 is 17.6 Å². The molecule has 4 heteroatoms. The molecule has 0 unspecified atom stereocenters. The van der Waals surface area contributed by atoms with Gasteiger partial charge in [-0.1, -0.05) is 17.3 Å². The van der Waals surface area contributed by atoms with Gasteiger partial charge in [0.2, 0.25) is 5.88 Å². The summed E-state index contributed by atoms with van der Waals surface area (Å²) < 4.78 is 4.86. The molecule has 1 aliphatic heterocycles. The summed E-state index contributed by atoms with van der Waals surface area (Å²) >= 11 is 1.89.